The van der Waals surface area contributed by atoms with E-state index in [1.165, 1.54) is 16.7 Å². The van der Waals surface area contributed by atoms with Crippen molar-refractivity contribution in [1.82, 2.24) is 0 Å². The molecule has 0 saturated carbocycles. The lowest BCUT2D eigenvalue weighted by molar-refractivity contribution is 0.254. The SMILES string of the molecule is CCC(c1ccccc1)C(Cl)c1ccc2c(c1)CC(C)O2. The first-order chi connectivity index (χ1) is 10.2. The first-order valence-electron chi connectivity index (χ1n) is 7.67. The first kappa shape index (κ1) is 14.5. The summed E-state index contributed by atoms with van der Waals surface area (Å²) in [5.41, 5.74) is 3.79. The Morgan fingerprint density at radius 1 is 1.14 bits per heavy atom. The summed E-state index contributed by atoms with van der Waals surface area (Å²) in [6.07, 6.45) is 2.29. The number of halogens is 1. The predicted octanol–water partition coefficient (Wildman–Crippen LogP) is 5.48. The summed E-state index contributed by atoms with van der Waals surface area (Å²) in [4.78, 5) is 0. The highest BCUT2D eigenvalue weighted by molar-refractivity contribution is 6.21. The third-order valence-electron chi connectivity index (χ3n) is 4.26. The number of hydrogen-bond acceptors (Lipinski definition) is 1. The van der Waals surface area contributed by atoms with Gasteiger partial charge in [0.15, 0.2) is 0 Å². The molecule has 1 heterocycles. The minimum atomic E-state index is -0.00129. The molecule has 0 radical (unpaired) electrons. The van der Waals surface area contributed by atoms with Crippen LogP contribution in [0.15, 0.2) is 48.5 Å². The second-order valence-corrected chi connectivity index (χ2v) is 6.30. The van der Waals surface area contributed by atoms with E-state index >= 15 is 0 Å². The topological polar surface area (TPSA) is 9.23 Å². The molecule has 21 heavy (non-hydrogen) atoms. The molecule has 0 aliphatic carbocycles. The van der Waals surface area contributed by atoms with E-state index in [-0.39, 0.29) is 11.5 Å². The van der Waals surface area contributed by atoms with Gasteiger partial charge < -0.3 is 4.74 Å². The Kier molecular flexibility index (Phi) is 4.21. The van der Waals surface area contributed by atoms with Crippen molar-refractivity contribution >= 4 is 11.6 Å². The molecular weight excluding hydrogens is 280 g/mol. The van der Waals surface area contributed by atoms with E-state index < -0.39 is 0 Å². The van der Waals surface area contributed by atoms with Gasteiger partial charge in [-0.15, -0.1) is 11.6 Å². The van der Waals surface area contributed by atoms with E-state index in [4.69, 9.17) is 16.3 Å². The van der Waals surface area contributed by atoms with Crippen LogP contribution >= 0.6 is 11.6 Å². The zero-order valence-corrected chi connectivity index (χ0v) is 13.3. The second kappa shape index (κ2) is 6.11. The van der Waals surface area contributed by atoms with E-state index in [0.29, 0.717) is 5.92 Å². The minimum Gasteiger partial charge on any atom is -0.490 e. The molecule has 2 aromatic carbocycles. The van der Waals surface area contributed by atoms with Gasteiger partial charge in [0.2, 0.25) is 0 Å². The van der Waals surface area contributed by atoms with E-state index in [9.17, 15) is 0 Å². The highest BCUT2D eigenvalue weighted by atomic mass is 35.5. The van der Waals surface area contributed by atoms with Gasteiger partial charge in [0.25, 0.3) is 0 Å². The maximum atomic E-state index is 6.80. The van der Waals surface area contributed by atoms with E-state index in [1.807, 2.05) is 6.07 Å². The van der Waals surface area contributed by atoms with Crippen molar-refractivity contribution in [2.24, 2.45) is 0 Å². The van der Waals surface area contributed by atoms with Gasteiger partial charge in [0.05, 0.1) is 5.38 Å². The number of hydrogen-bond donors (Lipinski definition) is 0. The second-order valence-electron chi connectivity index (χ2n) is 5.83. The normalized spacial score (nSPS) is 19.7. The Morgan fingerprint density at radius 2 is 1.90 bits per heavy atom. The van der Waals surface area contributed by atoms with Gasteiger partial charge in [-0.1, -0.05) is 49.4 Å². The molecule has 0 fully saturated rings. The van der Waals surface area contributed by atoms with Crippen molar-refractivity contribution in [3.05, 3.63) is 65.2 Å². The molecule has 2 aromatic rings. The smallest absolute Gasteiger partial charge is 0.123 e. The summed E-state index contributed by atoms with van der Waals surface area (Å²) in [5.74, 6) is 1.36. The van der Waals surface area contributed by atoms with Crippen LogP contribution in [0.25, 0.3) is 0 Å². The summed E-state index contributed by atoms with van der Waals surface area (Å²) in [6.45, 7) is 4.31. The Labute approximate surface area is 131 Å². The van der Waals surface area contributed by atoms with Crippen LogP contribution in [0.3, 0.4) is 0 Å². The molecule has 0 aromatic heterocycles. The van der Waals surface area contributed by atoms with Crippen LogP contribution in [-0.4, -0.2) is 6.10 Å². The largest absolute Gasteiger partial charge is 0.490 e. The molecule has 0 bridgehead atoms. The van der Waals surface area contributed by atoms with E-state index in [2.05, 4.69) is 56.3 Å². The molecule has 0 N–H and O–H groups in total. The maximum absolute atomic E-state index is 6.80. The Balaban J connectivity index is 1.88. The molecule has 0 spiro atoms. The average Bonchev–Trinajstić information content (AvgIpc) is 2.88. The van der Waals surface area contributed by atoms with Crippen LogP contribution in [0.1, 0.15) is 48.3 Å². The molecule has 1 aliphatic rings. The molecule has 2 heteroatoms. The number of alkyl halides is 1. The molecule has 1 aliphatic heterocycles. The van der Waals surface area contributed by atoms with E-state index in [0.717, 1.165) is 18.6 Å². The predicted molar refractivity (Wildman–Crippen MR) is 88.3 cm³/mol. The number of fused-ring (bicyclic) bond motifs is 1. The van der Waals surface area contributed by atoms with Gasteiger partial charge in [-0.05, 0) is 36.1 Å². The molecular formula is C19H21ClO. The zero-order valence-electron chi connectivity index (χ0n) is 12.6. The minimum absolute atomic E-state index is 0.00129. The standard InChI is InChI=1S/C19H21ClO/c1-3-17(14-7-5-4-6-8-14)19(20)15-9-10-18-16(12-15)11-13(2)21-18/h4-10,12-13,17,19H,3,11H2,1-2H3. The summed E-state index contributed by atoms with van der Waals surface area (Å²) in [7, 11) is 0. The molecule has 1 nitrogen and oxygen atoms in total. The van der Waals surface area contributed by atoms with E-state index in [1.54, 1.807) is 0 Å². The van der Waals surface area contributed by atoms with Crippen LogP contribution in [0.2, 0.25) is 0 Å². The van der Waals surface area contributed by atoms with Gasteiger partial charge in [0.1, 0.15) is 11.9 Å². The lowest BCUT2D eigenvalue weighted by Crippen LogP contribution is -2.06. The van der Waals surface area contributed by atoms with Crippen LogP contribution in [-0.2, 0) is 6.42 Å². The Hall–Kier alpha value is -1.47. The van der Waals surface area contributed by atoms with Crippen molar-refractivity contribution in [3.8, 4) is 5.75 Å². The number of ether oxygens (including phenoxy) is 1. The number of benzene rings is 2. The molecule has 110 valence electrons. The van der Waals surface area contributed by atoms with Crippen LogP contribution < -0.4 is 4.74 Å². The van der Waals surface area contributed by atoms with Gasteiger partial charge in [-0.25, -0.2) is 0 Å². The van der Waals surface area contributed by atoms with Crippen molar-refractivity contribution in [3.63, 3.8) is 0 Å². The fraction of sp³-hybridized carbons (Fsp3) is 0.368. The molecule has 3 rings (SSSR count). The Bertz CT molecular complexity index is 608. The summed E-state index contributed by atoms with van der Waals surface area (Å²) in [6, 6.07) is 17.0. The number of rotatable bonds is 4. The quantitative estimate of drug-likeness (QED) is 0.679. The lowest BCUT2D eigenvalue weighted by atomic mass is 9.88. The van der Waals surface area contributed by atoms with Gasteiger partial charge in [-0.3, -0.25) is 0 Å². The zero-order chi connectivity index (χ0) is 14.8. The highest BCUT2D eigenvalue weighted by Gasteiger charge is 2.24. The van der Waals surface area contributed by atoms with Crippen LogP contribution in [0.4, 0.5) is 0 Å². The molecule has 3 unspecified atom stereocenters. The summed E-state index contributed by atoms with van der Waals surface area (Å²) in [5, 5.41) is -0.00129. The van der Waals surface area contributed by atoms with Gasteiger partial charge >= 0.3 is 0 Å². The maximum Gasteiger partial charge on any atom is 0.123 e. The van der Waals surface area contributed by atoms with Crippen LogP contribution in [0, 0.1) is 0 Å². The highest BCUT2D eigenvalue weighted by Crippen LogP contribution is 2.41. The monoisotopic (exact) mass is 300 g/mol. The van der Waals surface area contributed by atoms with Gasteiger partial charge in [0, 0.05) is 12.3 Å². The molecule has 3 atom stereocenters. The average molecular weight is 301 g/mol. The lowest BCUT2D eigenvalue weighted by Gasteiger charge is -2.22. The van der Waals surface area contributed by atoms with Crippen molar-refractivity contribution in [2.45, 2.75) is 44.1 Å². The van der Waals surface area contributed by atoms with Crippen LogP contribution in [0.5, 0.6) is 5.75 Å². The summed E-state index contributed by atoms with van der Waals surface area (Å²) < 4.78 is 5.77. The fourth-order valence-corrected chi connectivity index (χ4v) is 3.62. The third-order valence-corrected chi connectivity index (χ3v) is 4.82. The van der Waals surface area contributed by atoms with Crippen molar-refractivity contribution < 1.29 is 4.74 Å². The van der Waals surface area contributed by atoms with Crippen molar-refractivity contribution in [2.75, 3.05) is 0 Å². The van der Waals surface area contributed by atoms with Crippen molar-refractivity contribution in [1.29, 1.82) is 0 Å². The molecule has 0 saturated heterocycles. The fourth-order valence-electron chi connectivity index (χ4n) is 3.16. The van der Waals surface area contributed by atoms with Gasteiger partial charge in [-0.2, -0.15) is 0 Å². The first-order valence-corrected chi connectivity index (χ1v) is 8.11. The Morgan fingerprint density at radius 3 is 2.62 bits per heavy atom. The summed E-state index contributed by atoms with van der Waals surface area (Å²) >= 11 is 6.80. The molecule has 0 amide bonds. The third kappa shape index (κ3) is 2.94.